The number of hydrogen-bond donors (Lipinski definition) is 0. The van der Waals surface area contributed by atoms with Crippen molar-refractivity contribution in [1.82, 2.24) is 0 Å². The first-order valence-electron chi connectivity index (χ1n) is 10.7. The van der Waals surface area contributed by atoms with Crippen molar-refractivity contribution in [2.45, 2.75) is 108 Å². The third kappa shape index (κ3) is 2.66. The lowest BCUT2D eigenvalue weighted by Crippen LogP contribution is -2.42. The minimum absolute atomic E-state index is 0.161. The average Bonchev–Trinajstić information content (AvgIpc) is 3.29. The molecule has 0 N–H and O–H groups in total. The lowest BCUT2D eigenvalue weighted by molar-refractivity contribution is 0.164. The Morgan fingerprint density at radius 2 is 1.84 bits per heavy atom. The predicted octanol–water partition coefficient (Wildman–Crippen LogP) is 6.81. The molecule has 1 saturated heterocycles. The summed E-state index contributed by atoms with van der Waals surface area (Å²) in [7, 11) is 0. The monoisotopic (exact) mass is 338 g/mol. The normalized spacial score (nSPS) is 33.2. The molecule has 0 aromatic heterocycles. The van der Waals surface area contributed by atoms with Gasteiger partial charge in [-0.15, -0.1) is 0 Å². The molecule has 1 nitrogen and oxygen atoms in total. The number of rotatable bonds is 5. The van der Waals surface area contributed by atoms with E-state index in [1.54, 1.807) is 5.56 Å². The van der Waals surface area contributed by atoms with E-state index in [4.69, 9.17) is 4.74 Å². The zero-order chi connectivity index (χ0) is 17.7. The molecule has 1 aromatic rings. The molecule has 0 radical (unpaired) electrons. The molecule has 1 aliphatic heterocycles. The SMILES string of the molecule is CCCC1(Oc2cc([C@@]34CCCC[C@]3(C)B(C)CC4)ccc2C)CC1. The van der Waals surface area contributed by atoms with Gasteiger partial charge < -0.3 is 4.74 Å². The first-order chi connectivity index (χ1) is 11.9. The van der Waals surface area contributed by atoms with Crippen LogP contribution in [0.25, 0.3) is 0 Å². The molecule has 1 heterocycles. The molecule has 0 amide bonds. The fourth-order valence-corrected chi connectivity index (χ4v) is 6.21. The molecule has 3 fully saturated rings. The van der Waals surface area contributed by atoms with Gasteiger partial charge in [0.2, 0.25) is 0 Å². The maximum atomic E-state index is 6.62. The standard InChI is InChI=1S/C23H35BO/c1-5-10-22(13-14-22)25-20-17-19(9-8-18(20)2)23-12-7-6-11-21(23,3)24(4)16-15-23/h8-9,17H,5-7,10-16H2,1-4H3/t21-,23-/m0/s1. The first kappa shape index (κ1) is 17.5. The van der Waals surface area contributed by atoms with Gasteiger partial charge in [0.25, 0.3) is 0 Å². The summed E-state index contributed by atoms with van der Waals surface area (Å²) < 4.78 is 6.62. The van der Waals surface area contributed by atoms with Crippen molar-refractivity contribution < 1.29 is 4.74 Å². The summed E-state index contributed by atoms with van der Waals surface area (Å²) in [6.45, 7) is 10.4. The number of ether oxygens (including phenoxy) is 1. The average molecular weight is 338 g/mol. The predicted molar refractivity (Wildman–Crippen MR) is 108 cm³/mol. The van der Waals surface area contributed by atoms with Crippen molar-refractivity contribution >= 4 is 6.71 Å². The molecule has 2 heteroatoms. The Bertz CT molecular complexity index is 645. The number of aryl methyl sites for hydroxylation is 1. The first-order valence-corrected chi connectivity index (χ1v) is 10.7. The highest BCUT2D eigenvalue weighted by Gasteiger charge is 2.58. The molecule has 2 saturated carbocycles. The molecule has 4 rings (SSSR count). The summed E-state index contributed by atoms with van der Waals surface area (Å²) >= 11 is 0. The summed E-state index contributed by atoms with van der Waals surface area (Å²) in [4.78, 5) is 0. The largest absolute Gasteiger partial charge is 0.487 e. The van der Waals surface area contributed by atoms with Gasteiger partial charge in [-0.2, -0.15) is 0 Å². The van der Waals surface area contributed by atoms with E-state index >= 15 is 0 Å². The zero-order valence-corrected chi connectivity index (χ0v) is 16.8. The highest BCUT2D eigenvalue weighted by Crippen LogP contribution is 2.66. The van der Waals surface area contributed by atoms with Crippen LogP contribution in [-0.2, 0) is 5.41 Å². The van der Waals surface area contributed by atoms with E-state index in [0.29, 0.717) is 10.7 Å². The summed E-state index contributed by atoms with van der Waals surface area (Å²) in [5, 5.41) is 0.471. The second-order valence-electron chi connectivity index (χ2n) is 9.66. The number of benzene rings is 1. The van der Waals surface area contributed by atoms with Gasteiger partial charge in [-0.1, -0.05) is 71.2 Å². The van der Waals surface area contributed by atoms with Gasteiger partial charge in [0.15, 0.2) is 0 Å². The van der Waals surface area contributed by atoms with Gasteiger partial charge in [0.05, 0.1) is 0 Å². The van der Waals surface area contributed by atoms with Crippen molar-refractivity contribution in [1.29, 1.82) is 0 Å². The molecule has 0 bridgehead atoms. The Hall–Kier alpha value is -0.915. The number of hydrogen-bond acceptors (Lipinski definition) is 1. The molecule has 2 aliphatic carbocycles. The van der Waals surface area contributed by atoms with E-state index in [0.717, 1.165) is 6.71 Å². The van der Waals surface area contributed by atoms with Crippen LogP contribution in [0.5, 0.6) is 5.75 Å². The van der Waals surface area contributed by atoms with Crippen LogP contribution in [0, 0.1) is 6.92 Å². The van der Waals surface area contributed by atoms with Crippen molar-refractivity contribution in [3.8, 4) is 5.75 Å². The maximum absolute atomic E-state index is 6.62. The lowest BCUT2D eigenvalue weighted by atomic mass is 9.31. The third-order valence-electron chi connectivity index (χ3n) is 8.32. The van der Waals surface area contributed by atoms with Crippen molar-refractivity contribution in [3.05, 3.63) is 29.3 Å². The summed E-state index contributed by atoms with van der Waals surface area (Å²) in [5.41, 5.74) is 3.44. The van der Waals surface area contributed by atoms with Crippen LogP contribution >= 0.6 is 0 Å². The second kappa shape index (κ2) is 6.07. The quantitative estimate of drug-likeness (QED) is 0.536. The Balaban J connectivity index is 1.70. The zero-order valence-electron chi connectivity index (χ0n) is 16.8. The van der Waals surface area contributed by atoms with Gasteiger partial charge in [0.1, 0.15) is 18.1 Å². The van der Waals surface area contributed by atoms with Gasteiger partial charge in [-0.3, -0.25) is 0 Å². The molecule has 2 atom stereocenters. The minimum atomic E-state index is 0.161. The molecule has 0 unspecified atom stereocenters. The maximum Gasteiger partial charge on any atom is 0.144 e. The van der Waals surface area contributed by atoms with Gasteiger partial charge in [0, 0.05) is 0 Å². The van der Waals surface area contributed by atoms with E-state index in [2.05, 4.69) is 45.8 Å². The topological polar surface area (TPSA) is 9.23 Å². The summed E-state index contributed by atoms with van der Waals surface area (Å²) in [5.74, 6) is 1.17. The van der Waals surface area contributed by atoms with Crippen LogP contribution in [0.2, 0.25) is 18.5 Å². The Labute approximate surface area is 155 Å². The molecular formula is C23H35BO. The molecular weight excluding hydrogens is 303 g/mol. The van der Waals surface area contributed by atoms with E-state index in [1.807, 2.05) is 0 Å². The van der Waals surface area contributed by atoms with Crippen molar-refractivity contribution in [2.75, 3.05) is 0 Å². The van der Waals surface area contributed by atoms with Crippen LogP contribution < -0.4 is 4.74 Å². The highest BCUT2D eigenvalue weighted by molar-refractivity contribution is 6.62. The van der Waals surface area contributed by atoms with E-state index in [-0.39, 0.29) is 5.60 Å². The Morgan fingerprint density at radius 1 is 1.08 bits per heavy atom. The second-order valence-corrected chi connectivity index (χ2v) is 9.66. The summed E-state index contributed by atoms with van der Waals surface area (Å²) in [6.07, 6.45) is 13.2. The van der Waals surface area contributed by atoms with Gasteiger partial charge in [-0.25, -0.2) is 0 Å². The molecule has 136 valence electrons. The van der Waals surface area contributed by atoms with E-state index in [9.17, 15) is 0 Å². The minimum Gasteiger partial charge on any atom is -0.487 e. The van der Waals surface area contributed by atoms with Crippen molar-refractivity contribution in [3.63, 3.8) is 0 Å². The fraction of sp³-hybridized carbons (Fsp3) is 0.739. The van der Waals surface area contributed by atoms with Crippen LogP contribution in [0.1, 0.15) is 82.8 Å². The lowest BCUT2D eigenvalue weighted by Gasteiger charge is -2.50. The molecule has 0 spiro atoms. The molecule has 25 heavy (non-hydrogen) atoms. The van der Waals surface area contributed by atoms with Gasteiger partial charge in [-0.05, 0) is 60.5 Å². The molecule has 1 aromatic carbocycles. The van der Waals surface area contributed by atoms with Crippen molar-refractivity contribution in [2.24, 2.45) is 0 Å². The van der Waals surface area contributed by atoms with E-state index in [1.165, 1.54) is 75.4 Å². The fourth-order valence-electron chi connectivity index (χ4n) is 6.21. The smallest absolute Gasteiger partial charge is 0.144 e. The van der Waals surface area contributed by atoms with Crippen LogP contribution in [0.3, 0.4) is 0 Å². The summed E-state index contributed by atoms with van der Waals surface area (Å²) in [6, 6.07) is 7.22. The highest BCUT2D eigenvalue weighted by atomic mass is 16.5. The Kier molecular flexibility index (Phi) is 4.24. The third-order valence-corrected chi connectivity index (χ3v) is 8.32. The van der Waals surface area contributed by atoms with Crippen LogP contribution in [0.15, 0.2) is 18.2 Å². The van der Waals surface area contributed by atoms with Crippen LogP contribution in [-0.4, -0.2) is 12.3 Å². The van der Waals surface area contributed by atoms with E-state index < -0.39 is 0 Å². The Morgan fingerprint density at radius 3 is 2.56 bits per heavy atom. The van der Waals surface area contributed by atoms with Gasteiger partial charge >= 0.3 is 0 Å². The molecule has 3 aliphatic rings. The van der Waals surface area contributed by atoms with Crippen LogP contribution in [0.4, 0.5) is 0 Å². The number of fused-ring (bicyclic) bond motifs is 1.